The summed E-state index contributed by atoms with van der Waals surface area (Å²) in [6.45, 7) is 4.25. The summed E-state index contributed by atoms with van der Waals surface area (Å²) in [5.41, 5.74) is 4.93. The number of thiophene rings is 1. The van der Waals surface area contributed by atoms with Crippen LogP contribution < -0.4 is 5.43 Å². The highest BCUT2D eigenvalue weighted by Crippen LogP contribution is 2.35. The Balaban J connectivity index is 1.80. The summed E-state index contributed by atoms with van der Waals surface area (Å²) in [7, 11) is 0. The van der Waals surface area contributed by atoms with Gasteiger partial charge in [-0.1, -0.05) is 30.7 Å². The summed E-state index contributed by atoms with van der Waals surface area (Å²) >= 11 is 7.77. The van der Waals surface area contributed by atoms with Crippen molar-refractivity contribution in [3.05, 3.63) is 33.7 Å². The maximum absolute atomic E-state index is 12.4. The van der Waals surface area contributed by atoms with Crippen molar-refractivity contribution in [2.45, 2.75) is 39.5 Å². The first-order valence-corrected chi connectivity index (χ1v) is 8.78. The molecule has 1 aliphatic carbocycles. The Morgan fingerprint density at radius 1 is 1.45 bits per heavy atom. The number of aryl methyl sites for hydroxylation is 1. The van der Waals surface area contributed by atoms with Crippen molar-refractivity contribution >= 4 is 44.6 Å². The van der Waals surface area contributed by atoms with Gasteiger partial charge in [-0.2, -0.15) is 5.10 Å². The molecule has 2 aromatic rings. The number of hydrazone groups is 1. The van der Waals surface area contributed by atoms with Crippen molar-refractivity contribution < 1.29 is 4.79 Å². The summed E-state index contributed by atoms with van der Waals surface area (Å²) in [4.78, 5) is 12.9. The maximum Gasteiger partial charge on any atom is 0.283 e. The molecule has 3 nitrogen and oxygen atoms in total. The first-order chi connectivity index (χ1) is 10.5. The summed E-state index contributed by atoms with van der Waals surface area (Å²) in [5.74, 6) is 0.440. The zero-order valence-electron chi connectivity index (χ0n) is 12.8. The van der Waals surface area contributed by atoms with Gasteiger partial charge in [0.2, 0.25) is 0 Å². The number of benzene rings is 1. The van der Waals surface area contributed by atoms with Crippen LogP contribution in [-0.4, -0.2) is 11.6 Å². The van der Waals surface area contributed by atoms with Crippen LogP contribution in [0.4, 0.5) is 0 Å². The Hall–Kier alpha value is -1.39. The average molecular weight is 335 g/mol. The second kappa shape index (κ2) is 6.39. The molecule has 1 heterocycles. The fraction of sp³-hybridized carbons (Fsp3) is 0.412. The van der Waals surface area contributed by atoms with Crippen molar-refractivity contribution in [3.8, 4) is 0 Å². The van der Waals surface area contributed by atoms with E-state index >= 15 is 0 Å². The number of carbonyl (C=O) groups excluding carboxylic acids is 1. The van der Waals surface area contributed by atoms with E-state index in [4.69, 9.17) is 11.6 Å². The zero-order chi connectivity index (χ0) is 15.7. The van der Waals surface area contributed by atoms with Crippen molar-refractivity contribution in [1.82, 2.24) is 5.43 Å². The Labute approximate surface area is 139 Å². The molecule has 0 bridgehead atoms. The second-order valence-corrected chi connectivity index (χ2v) is 7.50. The number of halogens is 1. The molecule has 1 aliphatic rings. The number of carbonyl (C=O) groups is 1. The minimum Gasteiger partial charge on any atom is -0.266 e. The lowest BCUT2D eigenvalue weighted by Crippen LogP contribution is -2.21. The van der Waals surface area contributed by atoms with Gasteiger partial charge in [-0.05, 0) is 50.2 Å². The Morgan fingerprint density at radius 3 is 3.05 bits per heavy atom. The first-order valence-electron chi connectivity index (χ1n) is 7.59. The fourth-order valence-corrected chi connectivity index (χ4v) is 4.37. The first kappa shape index (κ1) is 15.5. The van der Waals surface area contributed by atoms with Crippen LogP contribution in [-0.2, 0) is 0 Å². The number of rotatable bonds is 2. The van der Waals surface area contributed by atoms with Crippen molar-refractivity contribution in [3.63, 3.8) is 0 Å². The monoisotopic (exact) mass is 334 g/mol. The maximum atomic E-state index is 12.4. The molecule has 1 unspecified atom stereocenters. The molecule has 5 heteroatoms. The Morgan fingerprint density at radius 2 is 2.27 bits per heavy atom. The predicted octanol–water partition coefficient (Wildman–Crippen LogP) is 5.16. The molecule has 0 spiro atoms. The number of hydrogen-bond acceptors (Lipinski definition) is 3. The lowest BCUT2D eigenvalue weighted by atomic mass is 9.89. The Bertz CT molecular complexity index is 750. The highest BCUT2D eigenvalue weighted by Gasteiger charge is 2.18. The second-order valence-electron chi connectivity index (χ2n) is 6.07. The van der Waals surface area contributed by atoms with Crippen LogP contribution in [0.15, 0.2) is 23.3 Å². The van der Waals surface area contributed by atoms with Gasteiger partial charge in [0, 0.05) is 15.8 Å². The standard InChI is InChI=1S/C17H19ClN2OS/c1-10-4-3-5-12(8-10)19-20-17(21)16-15(18)13-7-6-11(2)9-14(13)22-16/h6-7,9-10H,3-5,8H2,1-2H3,(H,20,21)/b19-12-. The predicted molar refractivity (Wildman–Crippen MR) is 94.1 cm³/mol. The van der Waals surface area contributed by atoms with Crippen LogP contribution in [0.1, 0.15) is 47.8 Å². The number of fused-ring (bicyclic) bond motifs is 1. The molecule has 1 N–H and O–H groups in total. The molecular weight excluding hydrogens is 316 g/mol. The van der Waals surface area contributed by atoms with Gasteiger partial charge in [-0.25, -0.2) is 5.43 Å². The van der Waals surface area contributed by atoms with E-state index in [1.807, 2.05) is 19.1 Å². The average Bonchev–Trinajstić information content (AvgIpc) is 2.81. The van der Waals surface area contributed by atoms with E-state index in [0.717, 1.165) is 40.6 Å². The van der Waals surface area contributed by atoms with E-state index in [1.165, 1.54) is 17.8 Å². The van der Waals surface area contributed by atoms with Crippen LogP contribution >= 0.6 is 22.9 Å². The highest BCUT2D eigenvalue weighted by molar-refractivity contribution is 7.21. The van der Waals surface area contributed by atoms with Crippen LogP contribution in [0.5, 0.6) is 0 Å². The van der Waals surface area contributed by atoms with E-state index in [0.29, 0.717) is 15.8 Å². The van der Waals surface area contributed by atoms with E-state index in [1.54, 1.807) is 0 Å². The van der Waals surface area contributed by atoms with Crippen LogP contribution in [0.25, 0.3) is 10.1 Å². The molecule has 3 rings (SSSR count). The molecule has 1 atom stereocenters. The lowest BCUT2D eigenvalue weighted by Gasteiger charge is -2.18. The summed E-state index contributed by atoms with van der Waals surface area (Å²) in [5, 5.41) is 5.76. The van der Waals surface area contributed by atoms with Crippen LogP contribution in [0.2, 0.25) is 5.02 Å². The summed E-state index contributed by atoms with van der Waals surface area (Å²) in [6, 6.07) is 6.03. The summed E-state index contributed by atoms with van der Waals surface area (Å²) < 4.78 is 1.04. The largest absolute Gasteiger partial charge is 0.283 e. The molecule has 1 aromatic heterocycles. The number of nitrogens with one attached hydrogen (secondary N) is 1. The molecule has 1 saturated carbocycles. The van der Waals surface area contributed by atoms with E-state index < -0.39 is 0 Å². The van der Waals surface area contributed by atoms with E-state index in [9.17, 15) is 4.79 Å². The van der Waals surface area contributed by atoms with Gasteiger partial charge in [0.25, 0.3) is 5.91 Å². The SMILES string of the molecule is Cc1ccc2c(Cl)c(C(=O)N/N=C3/CCCC(C)C3)sc2c1. The Kier molecular flexibility index (Phi) is 4.50. The zero-order valence-corrected chi connectivity index (χ0v) is 14.4. The van der Waals surface area contributed by atoms with Gasteiger partial charge >= 0.3 is 0 Å². The third-order valence-corrected chi connectivity index (χ3v) is 5.71. The van der Waals surface area contributed by atoms with Crippen molar-refractivity contribution in [2.24, 2.45) is 11.0 Å². The molecule has 0 aliphatic heterocycles. The molecule has 0 radical (unpaired) electrons. The van der Waals surface area contributed by atoms with E-state index in [-0.39, 0.29) is 5.91 Å². The minimum atomic E-state index is -0.213. The number of amides is 1. The molecule has 0 saturated heterocycles. The minimum absolute atomic E-state index is 0.213. The molecule has 1 amide bonds. The molecule has 22 heavy (non-hydrogen) atoms. The van der Waals surface area contributed by atoms with E-state index in [2.05, 4.69) is 23.5 Å². The molecule has 116 valence electrons. The topological polar surface area (TPSA) is 41.5 Å². The summed E-state index contributed by atoms with van der Waals surface area (Å²) in [6.07, 6.45) is 4.34. The quantitative estimate of drug-likeness (QED) is 0.757. The van der Waals surface area contributed by atoms with Gasteiger partial charge in [-0.3, -0.25) is 4.79 Å². The number of hydrogen-bond donors (Lipinski definition) is 1. The van der Waals surface area contributed by atoms with Gasteiger partial charge in [0.05, 0.1) is 5.02 Å². The van der Waals surface area contributed by atoms with Gasteiger partial charge in [0.15, 0.2) is 0 Å². The van der Waals surface area contributed by atoms with Crippen molar-refractivity contribution in [1.29, 1.82) is 0 Å². The normalized spacial score (nSPS) is 20.5. The van der Waals surface area contributed by atoms with Gasteiger partial charge in [0.1, 0.15) is 4.88 Å². The molecule has 1 aromatic carbocycles. The smallest absolute Gasteiger partial charge is 0.266 e. The van der Waals surface area contributed by atoms with Crippen LogP contribution in [0.3, 0.4) is 0 Å². The molecular formula is C17H19ClN2OS. The fourth-order valence-electron chi connectivity index (χ4n) is 2.86. The van der Waals surface area contributed by atoms with Crippen molar-refractivity contribution in [2.75, 3.05) is 0 Å². The van der Waals surface area contributed by atoms with Gasteiger partial charge in [-0.15, -0.1) is 11.3 Å². The lowest BCUT2D eigenvalue weighted by molar-refractivity contribution is 0.0958. The third kappa shape index (κ3) is 3.18. The van der Waals surface area contributed by atoms with Crippen LogP contribution in [0, 0.1) is 12.8 Å². The highest BCUT2D eigenvalue weighted by atomic mass is 35.5. The third-order valence-electron chi connectivity index (χ3n) is 4.05. The van der Waals surface area contributed by atoms with Gasteiger partial charge < -0.3 is 0 Å². The number of nitrogens with zero attached hydrogens (tertiary/aromatic N) is 1. The molecule has 1 fully saturated rings.